The van der Waals surface area contributed by atoms with E-state index in [1.165, 1.54) is 11.1 Å². The van der Waals surface area contributed by atoms with Crippen molar-refractivity contribution >= 4 is 34.5 Å². The summed E-state index contributed by atoms with van der Waals surface area (Å²) in [6.45, 7) is 0.812. The van der Waals surface area contributed by atoms with Gasteiger partial charge in [0, 0.05) is 40.5 Å². The Balaban J connectivity index is 1.45. The molecule has 0 saturated heterocycles. The molecule has 1 heterocycles. The molecule has 4 rings (SSSR count). The van der Waals surface area contributed by atoms with E-state index < -0.39 is 11.2 Å². The first-order valence-corrected chi connectivity index (χ1v) is 13.3. The summed E-state index contributed by atoms with van der Waals surface area (Å²) in [4.78, 5) is 5.01. The molecule has 1 aromatic heterocycles. The van der Waals surface area contributed by atoms with Gasteiger partial charge in [0.2, 0.25) is 0 Å². The molecule has 0 spiro atoms. The van der Waals surface area contributed by atoms with Crippen molar-refractivity contribution in [1.29, 1.82) is 0 Å². The van der Waals surface area contributed by atoms with Crippen molar-refractivity contribution in [2.45, 2.75) is 28.2 Å². The molecule has 0 aliphatic heterocycles. The minimum Gasteiger partial charge on any atom is -0.611 e. The summed E-state index contributed by atoms with van der Waals surface area (Å²) in [6, 6.07) is 23.9. The van der Waals surface area contributed by atoms with E-state index in [0.717, 1.165) is 33.5 Å². The number of halogens is 1. The first-order valence-electron chi connectivity index (χ1n) is 10.5. The minimum atomic E-state index is -1.11. The SMILES string of the molecule is COc1ccc(C[S+]([O-])c2ccc(C(Cn3ccnc3)SCc3ccc(Cl)cc3)cc2)cc1. The first-order chi connectivity index (χ1) is 16.1. The van der Waals surface area contributed by atoms with Crippen molar-refractivity contribution in [2.75, 3.05) is 7.11 Å². The van der Waals surface area contributed by atoms with E-state index >= 15 is 0 Å². The van der Waals surface area contributed by atoms with Crippen LogP contribution in [0.25, 0.3) is 0 Å². The third-order valence-corrected chi connectivity index (χ3v) is 8.24. The Morgan fingerprint density at radius 2 is 1.70 bits per heavy atom. The van der Waals surface area contributed by atoms with Gasteiger partial charge in [0.15, 0.2) is 4.90 Å². The van der Waals surface area contributed by atoms with Crippen LogP contribution in [0.3, 0.4) is 0 Å². The van der Waals surface area contributed by atoms with Crippen LogP contribution in [0.4, 0.5) is 0 Å². The smallest absolute Gasteiger partial charge is 0.153 e. The van der Waals surface area contributed by atoms with Gasteiger partial charge in [-0.3, -0.25) is 0 Å². The zero-order chi connectivity index (χ0) is 23.0. The lowest BCUT2D eigenvalue weighted by Crippen LogP contribution is -2.08. The Morgan fingerprint density at radius 1 is 1.00 bits per heavy atom. The maximum Gasteiger partial charge on any atom is 0.153 e. The fraction of sp³-hybridized carbons (Fsp3) is 0.192. The minimum absolute atomic E-state index is 0.235. The highest BCUT2D eigenvalue weighted by Crippen LogP contribution is 2.34. The van der Waals surface area contributed by atoms with Crippen molar-refractivity contribution < 1.29 is 9.29 Å². The molecule has 0 aliphatic carbocycles. The Kier molecular flexibility index (Phi) is 8.40. The third-order valence-electron chi connectivity index (χ3n) is 5.27. The van der Waals surface area contributed by atoms with Crippen molar-refractivity contribution in [3.8, 4) is 5.75 Å². The molecular weight excluding hydrogens is 472 g/mol. The number of aromatic nitrogens is 2. The predicted octanol–water partition coefficient (Wildman–Crippen LogP) is 6.53. The van der Waals surface area contributed by atoms with Crippen molar-refractivity contribution in [3.63, 3.8) is 0 Å². The lowest BCUT2D eigenvalue weighted by molar-refractivity contribution is 0.414. The first kappa shape index (κ1) is 23.8. The van der Waals surface area contributed by atoms with Gasteiger partial charge < -0.3 is 13.9 Å². The number of rotatable bonds is 10. The van der Waals surface area contributed by atoms with Gasteiger partial charge in [-0.25, -0.2) is 4.98 Å². The van der Waals surface area contributed by atoms with Gasteiger partial charge in [-0.1, -0.05) is 48.0 Å². The second-order valence-corrected chi connectivity index (χ2v) is 10.7. The molecule has 4 nitrogen and oxygen atoms in total. The largest absolute Gasteiger partial charge is 0.611 e. The van der Waals surface area contributed by atoms with Gasteiger partial charge >= 0.3 is 0 Å². The Labute approximate surface area is 207 Å². The summed E-state index contributed by atoms with van der Waals surface area (Å²) in [6.07, 6.45) is 5.62. The van der Waals surface area contributed by atoms with E-state index in [-0.39, 0.29) is 5.25 Å². The summed E-state index contributed by atoms with van der Waals surface area (Å²) in [5, 5.41) is 0.982. The van der Waals surface area contributed by atoms with Gasteiger partial charge in [0.05, 0.1) is 13.4 Å². The molecule has 170 valence electrons. The Hall–Kier alpha value is -2.38. The van der Waals surface area contributed by atoms with E-state index in [1.54, 1.807) is 13.3 Å². The molecule has 0 amide bonds. The van der Waals surface area contributed by atoms with E-state index in [1.807, 2.05) is 72.8 Å². The molecule has 2 atom stereocenters. The van der Waals surface area contributed by atoms with Crippen LogP contribution in [0.15, 0.2) is 96.4 Å². The highest BCUT2D eigenvalue weighted by Gasteiger charge is 2.17. The van der Waals surface area contributed by atoms with Crippen molar-refractivity contribution in [2.24, 2.45) is 0 Å². The monoisotopic (exact) mass is 496 g/mol. The molecule has 7 heteroatoms. The second kappa shape index (κ2) is 11.7. The number of thioether (sulfide) groups is 1. The van der Waals surface area contributed by atoms with Gasteiger partial charge in [0.25, 0.3) is 0 Å². The zero-order valence-corrected chi connectivity index (χ0v) is 20.7. The predicted molar refractivity (Wildman–Crippen MR) is 137 cm³/mol. The molecule has 33 heavy (non-hydrogen) atoms. The Bertz CT molecular complexity index is 1120. The molecule has 0 saturated carbocycles. The number of benzene rings is 3. The summed E-state index contributed by atoms with van der Waals surface area (Å²) < 4.78 is 20.2. The summed E-state index contributed by atoms with van der Waals surface area (Å²) >= 11 is 6.79. The van der Waals surface area contributed by atoms with Crippen LogP contribution in [-0.4, -0.2) is 21.2 Å². The van der Waals surface area contributed by atoms with Gasteiger partial charge in [-0.05, 0) is 58.7 Å². The average molecular weight is 497 g/mol. The molecule has 0 fully saturated rings. The second-order valence-electron chi connectivity index (χ2n) is 7.59. The Morgan fingerprint density at radius 3 is 2.33 bits per heavy atom. The normalized spacial score (nSPS) is 12.9. The number of hydrogen-bond donors (Lipinski definition) is 0. The standard InChI is InChI=1S/C26H25ClN2O2S2/c1-31-24-10-4-21(5-11-24)18-33(30)25-12-6-22(7-13-25)26(16-29-15-14-28-19-29)32-17-20-2-8-23(27)9-3-20/h2-15,19,26H,16-18H2,1H3. The number of hydrogen-bond acceptors (Lipinski definition) is 4. The van der Waals surface area contributed by atoms with Gasteiger partial charge in [-0.15, -0.1) is 11.8 Å². The van der Waals surface area contributed by atoms with Crippen LogP contribution in [-0.2, 0) is 29.2 Å². The number of imidazole rings is 1. The topological polar surface area (TPSA) is 50.1 Å². The summed E-state index contributed by atoms with van der Waals surface area (Å²) in [5.74, 6) is 2.16. The van der Waals surface area contributed by atoms with Crippen LogP contribution < -0.4 is 4.74 Å². The van der Waals surface area contributed by atoms with Gasteiger partial charge in [0.1, 0.15) is 11.5 Å². The third kappa shape index (κ3) is 6.81. The van der Waals surface area contributed by atoms with E-state index in [4.69, 9.17) is 16.3 Å². The average Bonchev–Trinajstić information content (AvgIpc) is 3.36. The molecule has 0 bridgehead atoms. The summed E-state index contributed by atoms with van der Waals surface area (Å²) in [7, 11) is 1.64. The highest BCUT2D eigenvalue weighted by atomic mass is 35.5. The quantitative estimate of drug-likeness (QED) is 0.234. The molecule has 3 aromatic carbocycles. The maximum absolute atomic E-state index is 12.9. The molecule has 0 radical (unpaired) electrons. The molecule has 4 aromatic rings. The maximum atomic E-state index is 12.9. The van der Waals surface area contributed by atoms with Crippen LogP contribution >= 0.6 is 23.4 Å². The van der Waals surface area contributed by atoms with Crippen LogP contribution in [0.1, 0.15) is 21.9 Å². The number of ether oxygens (including phenoxy) is 1. The fourth-order valence-electron chi connectivity index (χ4n) is 3.41. The molecule has 2 unspecified atom stereocenters. The fourth-order valence-corrected chi connectivity index (χ4v) is 5.85. The summed E-state index contributed by atoms with van der Waals surface area (Å²) in [5.41, 5.74) is 3.46. The highest BCUT2D eigenvalue weighted by molar-refractivity contribution is 7.98. The lowest BCUT2D eigenvalue weighted by Gasteiger charge is -2.19. The van der Waals surface area contributed by atoms with E-state index in [9.17, 15) is 4.55 Å². The van der Waals surface area contributed by atoms with E-state index in [0.29, 0.717) is 5.75 Å². The zero-order valence-electron chi connectivity index (χ0n) is 18.3. The molecule has 0 N–H and O–H groups in total. The van der Waals surface area contributed by atoms with Crippen molar-refractivity contribution in [3.05, 3.63) is 113 Å². The van der Waals surface area contributed by atoms with Crippen LogP contribution in [0.2, 0.25) is 5.02 Å². The van der Waals surface area contributed by atoms with E-state index in [2.05, 4.69) is 33.8 Å². The van der Waals surface area contributed by atoms with Gasteiger partial charge in [-0.2, -0.15) is 0 Å². The van der Waals surface area contributed by atoms with Crippen LogP contribution in [0, 0.1) is 0 Å². The molecular formula is C26H25ClN2O2S2. The lowest BCUT2D eigenvalue weighted by atomic mass is 10.1. The van der Waals surface area contributed by atoms with Crippen LogP contribution in [0.5, 0.6) is 5.75 Å². The van der Waals surface area contributed by atoms with Crippen molar-refractivity contribution in [1.82, 2.24) is 9.55 Å². The number of methoxy groups -OCH3 is 1. The molecule has 0 aliphatic rings. The number of nitrogens with zero attached hydrogens (tertiary/aromatic N) is 2.